The molecule has 0 saturated carbocycles. The van der Waals surface area contributed by atoms with Gasteiger partial charge in [-0.05, 0) is 31.4 Å². The first-order valence-corrected chi connectivity index (χ1v) is 9.04. The lowest BCUT2D eigenvalue weighted by Crippen LogP contribution is -2.37. The predicted molar refractivity (Wildman–Crippen MR) is 99.1 cm³/mol. The molecule has 1 aromatic carbocycles. The number of hydrogen-bond acceptors (Lipinski definition) is 7. The second-order valence-electron chi connectivity index (χ2n) is 6.76. The van der Waals surface area contributed by atoms with Crippen LogP contribution in [0.5, 0.6) is 11.5 Å². The van der Waals surface area contributed by atoms with E-state index in [1.54, 1.807) is 13.3 Å². The quantitative estimate of drug-likeness (QED) is 0.865. The van der Waals surface area contributed by atoms with Gasteiger partial charge in [0.05, 0.1) is 19.3 Å². The van der Waals surface area contributed by atoms with E-state index in [4.69, 9.17) is 9.47 Å². The Morgan fingerprint density at radius 2 is 2.12 bits per heavy atom. The van der Waals surface area contributed by atoms with Crippen LogP contribution >= 0.6 is 0 Å². The van der Waals surface area contributed by atoms with Gasteiger partial charge in [0.25, 0.3) is 0 Å². The fourth-order valence-corrected chi connectivity index (χ4v) is 3.52. The van der Waals surface area contributed by atoms with Crippen molar-refractivity contribution >= 4 is 11.8 Å². The van der Waals surface area contributed by atoms with Crippen LogP contribution < -0.4 is 19.7 Å². The SMILES string of the molecule is COc1cccc2c1OC[C@@H](Nc1nccc(N3CCC(O)CC3)n1)C2. The van der Waals surface area contributed by atoms with Crippen LogP contribution in [0.25, 0.3) is 0 Å². The fourth-order valence-electron chi connectivity index (χ4n) is 3.52. The number of ether oxygens (including phenoxy) is 2. The van der Waals surface area contributed by atoms with Gasteiger partial charge in [0.15, 0.2) is 11.5 Å². The lowest BCUT2D eigenvalue weighted by molar-refractivity contribution is 0.145. The van der Waals surface area contributed by atoms with E-state index in [9.17, 15) is 5.11 Å². The van der Waals surface area contributed by atoms with E-state index in [-0.39, 0.29) is 12.1 Å². The maximum Gasteiger partial charge on any atom is 0.224 e. The second-order valence-corrected chi connectivity index (χ2v) is 6.76. The number of methoxy groups -OCH3 is 1. The van der Waals surface area contributed by atoms with Crippen molar-refractivity contribution in [1.82, 2.24) is 9.97 Å². The fraction of sp³-hybridized carbons (Fsp3) is 0.474. The van der Waals surface area contributed by atoms with Crippen molar-refractivity contribution in [3.63, 3.8) is 0 Å². The molecule has 1 fully saturated rings. The zero-order valence-corrected chi connectivity index (χ0v) is 14.9. The molecule has 4 rings (SSSR count). The third-order valence-electron chi connectivity index (χ3n) is 4.94. The molecule has 2 aliphatic rings. The molecule has 2 N–H and O–H groups in total. The zero-order valence-electron chi connectivity index (χ0n) is 14.9. The summed E-state index contributed by atoms with van der Waals surface area (Å²) >= 11 is 0. The van der Waals surface area contributed by atoms with Crippen LogP contribution in [-0.4, -0.2) is 54.0 Å². The molecule has 0 aliphatic carbocycles. The molecule has 7 nitrogen and oxygen atoms in total. The van der Waals surface area contributed by atoms with Crippen molar-refractivity contribution in [3.8, 4) is 11.5 Å². The van der Waals surface area contributed by atoms with E-state index in [0.29, 0.717) is 12.6 Å². The molecule has 0 radical (unpaired) electrons. The molecule has 2 aliphatic heterocycles. The molecule has 26 heavy (non-hydrogen) atoms. The number of anilines is 2. The summed E-state index contributed by atoms with van der Waals surface area (Å²) in [7, 11) is 1.66. The lowest BCUT2D eigenvalue weighted by Gasteiger charge is -2.31. The average molecular weight is 356 g/mol. The molecule has 0 unspecified atom stereocenters. The first-order chi connectivity index (χ1) is 12.7. The summed E-state index contributed by atoms with van der Waals surface area (Å²) in [5.74, 6) is 3.10. The Morgan fingerprint density at radius 1 is 1.27 bits per heavy atom. The third kappa shape index (κ3) is 3.53. The van der Waals surface area contributed by atoms with Crippen LogP contribution in [0.1, 0.15) is 18.4 Å². The van der Waals surface area contributed by atoms with Gasteiger partial charge in [0.1, 0.15) is 12.4 Å². The molecule has 1 aromatic heterocycles. The number of nitrogens with one attached hydrogen (secondary N) is 1. The molecule has 1 saturated heterocycles. The zero-order chi connectivity index (χ0) is 17.9. The summed E-state index contributed by atoms with van der Waals surface area (Å²) in [5.41, 5.74) is 1.12. The second kappa shape index (κ2) is 7.37. The van der Waals surface area contributed by atoms with Gasteiger partial charge < -0.3 is 24.8 Å². The highest BCUT2D eigenvalue weighted by atomic mass is 16.5. The van der Waals surface area contributed by atoms with Crippen LogP contribution in [0.2, 0.25) is 0 Å². The maximum absolute atomic E-state index is 9.67. The van der Waals surface area contributed by atoms with Gasteiger partial charge in [0, 0.05) is 24.8 Å². The number of nitrogens with zero attached hydrogens (tertiary/aromatic N) is 3. The Morgan fingerprint density at radius 3 is 2.92 bits per heavy atom. The molecule has 2 aromatic rings. The number of rotatable bonds is 4. The Labute approximate surface area is 153 Å². The minimum atomic E-state index is -0.192. The Kier molecular flexibility index (Phi) is 4.79. The van der Waals surface area contributed by atoms with Gasteiger partial charge in [-0.3, -0.25) is 0 Å². The number of hydrogen-bond donors (Lipinski definition) is 2. The van der Waals surface area contributed by atoms with Crippen molar-refractivity contribution in [2.45, 2.75) is 31.4 Å². The van der Waals surface area contributed by atoms with Gasteiger partial charge in [-0.15, -0.1) is 0 Å². The van der Waals surface area contributed by atoms with Crippen molar-refractivity contribution in [2.75, 3.05) is 37.0 Å². The topological polar surface area (TPSA) is 79.7 Å². The summed E-state index contributed by atoms with van der Waals surface area (Å²) < 4.78 is 11.3. The molecular formula is C19H24N4O3. The number of aromatic nitrogens is 2. The van der Waals surface area contributed by atoms with Crippen molar-refractivity contribution in [1.29, 1.82) is 0 Å². The molecule has 0 spiro atoms. The minimum absolute atomic E-state index is 0.105. The van der Waals surface area contributed by atoms with Crippen molar-refractivity contribution in [2.24, 2.45) is 0 Å². The predicted octanol–water partition coefficient (Wildman–Crippen LogP) is 1.86. The van der Waals surface area contributed by atoms with Crippen molar-refractivity contribution < 1.29 is 14.6 Å². The smallest absolute Gasteiger partial charge is 0.224 e. The van der Waals surface area contributed by atoms with Crippen LogP contribution in [0.4, 0.5) is 11.8 Å². The molecule has 0 amide bonds. The van der Waals surface area contributed by atoms with Crippen LogP contribution in [0.3, 0.4) is 0 Å². The van der Waals surface area contributed by atoms with E-state index < -0.39 is 0 Å². The van der Waals surface area contributed by atoms with Crippen LogP contribution in [0.15, 0.2) is 30.5 Å². The number of aliphatic hydroxyl groups excluding tert-OH is 1. The Balaban J connectivity index is 1.44. The summed E-state index contributed by atoms with van der Waals surface area (Å²) in [4.78, 5) is 11.2. The van der Waals surface area contributed by atoms with Gasteiger partial charge in [0.2, 0.25) is 5.95 Å². The lowest BCUT2D eigenvalue weighted by atomic mass is 10.0. The highest BCUT2D eigenvalue weighted by molar-refractivity contribution is 5.49. The van der Waals surface area contributed by atoms with E-state index in [2.05, 4.69) is 26.3 Å². The number of aliphatic hydroxyl groups is 1. The number of benzene rings is 1. The number of fused-ring (bicyclic) bond motifs is 1. The van der Waals surface area contributed by atoms with E-state index >= 15 is 0 Å². The van der Waals surface area contributed by atoms with Crippen LogP contribution in [0, 0.1) is 0 Å². The molecular weight excluding hydrogens is 332 g/mol. The van der Waals surface area contributed by atoms with E-state index in [1.165, 1.54) is 0 Å². The summed E-state index contributed by atoms with van der Waals surface area (Å²) in [6.45, 7) is 2.17. The Bertz CT molecular complexity index is 762. The largest absolute Gasteiger partial charge is 0.493 e. The third-order valence-corrected chi connectivity index (χ3v) is 4.94. The van der Waals surface area contributed by atoms with E-state index in [1.807, 2.05) is 18.2 Å². The monoisotopic (exact) mass is 356 g/mol. The normalized spacial score (nSPS) is 20.2. The van der Waals surface area contributed by atoms with E-state index in [0.717, 1.165) is 55.2 Å². The minimum Gasteiger partial charge on any atom is -0.493 e. The number of piperidine rings is 1. The molecule has 1 atom stereocenters. The molecule has 7 heteroatoms. The Hall–Kier alpha value is -2.54. The van der Waals surface area contributed by atoms with Gasteiger partial charge in [-0.1, -0.05) is 12.1 Å². The van der Waals surface area contributed by atoms with Gasteiger partial charge in [-0.2, -0.15) is 4.98 Å². The van der Waals surface area contributed by atoms with Gasteiger partial charge >= 0.3 is 0 Å². The standard InChI is InChI=1S/C19H24N4O3/c1-25-16-4-2-3-13-11-14(12-26-18(13)16)21-19-20-8-5-17(22-19)23-9-6-15(24)7-10-23/h2-5,8,14-15,24H,6-7,9-12H2,1H3,(H,20,21,22)/t14-/m0/s1. The average Bonchev–Trinajstić information content (AvgIpc) is 2.68. The molecule has 0 bridgehead atoms. The molecule has 138 valence electrons. The maximum atomic E-state index is 9.67. The highest BCUT2D eigenvalue weighted by Crippen LogP contribution is 2.35. The summed E-state index contributed by atoms with van der Waals surface area (Å²) in [6, 6.07) is 7.97. The molecule has 3 heterocycles. The van der Waals surface area contributed by atoms with Crippen LogP contribution in [-0.2, 0) is 6.42 Å². The summed E-state index contributed by atoms with van der Waals surface area (Å²) in [5, 5.41) is 13.1. The van der Waals surface area contributed by atoms with Gasteiger partial charge in [-0.25, -0.2) is 4.98 Å². The van der Waals surface area contributed by atoms with Crippen molar-refractivity contribution in [3.05, 3.63) is 36.0 Å². The first kappa shape index (κ1) is 16.9. The summed E-state index contributed by atoms with van der Waals surface area (Å²) in [6.07, 6.45) is 3.97. The first-order valence-electron chi connectivity index (χ1n) is 9.04. The highest BCUT2D eigenvalue weighted by Gasteiger charge is 2.24. The number of para-hydroxylation sites is 1.